The zero-order valence-electron chi connectivity index (χ0n) is 11.9. The lowest BCUT2D eigenvalue weighted by Gasteiger charge is -2.31. The molecule has 0 spiro atoms. The Morgan fingerprint density at radius 2 is 0.909 bits per heavy atom. The molecule has 0 saturated heterocycles. The predicted molar refractivity (Wildman–Crippen MR) is 86.1 cm³/mol. The van der Waals surface area contributed by atoms with Crippen LogP contribution in [0.5, 0.6) is 0 Å². The Hall–Kier alpha value is -2.94. The van der Waals surface area contributed by atoms with Gasteiger partial charge in [0.05, 0.1) is 0 Å². The molecule has 0 unspecified atom stereocenters. The van der Waals surface area contributed by atoms with Gasteiger partial charge in [0, 0.05) is 16.7 Å². The number of benzene rings is 3. The summed E-state index contributed by atoms with van der Waals surface area (Å²) in [6.07, 6.45) is 0. The molecule has 0 bridgehead atoms. The minimum Gasteiger partial charge on any atom is -0.343 e. The fourth-order valence-corrected chi connectivity index (χ4v) is 2.73. The third-order valence-corrected chi connectivity index (χ3v) is 3.72. The molecule has 0 radical (unpaired) electrons. The van der Waals surface area contributed by atoms with E-state index in [9.17, 15) is 4.91 Å². The van der Waals surface area contributed by atoms with Gasteiger partial charge in [-0.2, -0.15) is 0 Å². The molecule has 108 valence electrons. The summed E-state index contributed by atoms with van der Waals surface area (Å²) in [5.41, 5.74) is 1.51. The SMILES string of the molecule is O=NOC(c1ccccc1)(c1ccccc1)c1ccccc1. The highest BCUT2D eigenvalue weighted by Gasteiger charge is 2.39. The van der Waals surface area contributed by atoms with E-state index in [-0.39, 0.29) is 0 Å². The Morgan fingerprint density at radius 1 is 0.591 bits per heavy atom. The van der Waals surface area contributed by atoms with Crippen LogP contribution in [0.3, 0.4) is 0 Å². The normalized spacial score (nSPS) is 10.9. The monoisotopic (exact) mass is 289 g/mol. The lowest BCUT2D eigenvalue weighted by Crippen LogP contribution is -2.31. The van der Waals surface area contributed by atoms with Crippen LogP contribution in [0.1, 0.15) is 16.7 Å². The molecule has 0 amide bonds. The Kier molecular flexibility index (Phi) is 3.97. The van der Waals surface area contributed by atoms with Crippen molar-refractivity contribution in [1.82, 2.24) is 0 Å². The molecule has 3 aromatic rings. The van der Waals surface area contributed by atoms with E-state index in [1.54, 1.807) is 0 Å². The van der Waals surface area contributed by atoms with Crippen molar-refractivity contribution in [2.75, 3.05) is 0 Å². The van der Waals surface area contributed by atoms with Gasteiger partial charge in [-0.05, 0) is 0 Å². The lowest BCUT2D eigenvalue weighted by molar-refractivity contribution is 0.0137. The molecular formula is C19H15NO2. The predicted octanol–water partition coefficient (Wildman–Crippen LogP) is 4.68. The first-order valence-corrected chi connectivity index (χ1v) is 7.05. The summed E-state index contributed by atoms with van der Waals surface area (Å²) in [7, 11) is 0. The van der Waals surface area contributed by atoms with Crippen LogP contribution in [0.2, 0.25) is 0 Å². The van der Waals surface area contributed by atoms with Crippen molar-refractivity contribution in [2.45, 2.75) is 5.60 Å². The van der Waals surface area contributed by atoms with Crippen LogP contribution < -0.4 is 0 Å². The van der Waals surface area contributed by atoms with Gasteiger partial charge in [0.2, 0.25) is 5.60 Å². The van der Waals surface area contributed by atoms with Gasteiger partial charge in [0.1, 0.15) is 0 Å². The Morgan fingerprint density at radius 3 is 1.18 bits per heavy atom. The van der Waals surface area contributed by atoms with Crippen molar-refractivity contribution in [3.05, 3.63) is 113 Å². The van der Waals surface area contributed by atoms with Gasteiger partial charge in [-0.1, -0.05) is 91.0 Å². The second-order valence-corrected chi connectivity index (χ2v) is 4.95. The molecule has 3 nitrogen and oxygen atoms in total. The molecule has 0 fully saturated rings. The van der Waals surface area contributed by atoms with Crippen LogP contribution in [-0.2, 0) is 10.4 Å². The average Bonchev–Trinajstić information content (AvgIpc) is 2.62. The maximum Gasteiger partial charge on any atom is 0.216 e. The van der Waals surface area contributed by atoms with Gasteiger partial charge < -0.3 is 4.84 Å². The van der Waals surface area contributed by atoms with Crippen LogP contribution in [0.4, 0.5) is 0 Å². The standard InChI is InChI=1S/C19H15NO2/c21-20-22-19(16-10-4-1-5-11-16,17-12-6-2-7-13-17)18-14-8-3-9-15-18/h1-15H. The fraction of sp³-hybridized carbons (Fsp3) is 0.0526. The fourth-order valence-electron chi connectivity index (χ4n) is 2.73. The summed E-state index contributed by atoms with van der Waals surface area (Å²) >= 11 is 0. The zero-order valence-corrected chi connectivity index (χ0v) is 11.9. The minimum absolute atomic E-state index is 0.854. The Bertz CT molecular complexity index is 630. The topological polar surface area (TPSA) is 38.7 Å². The van der Waals surface area contributed by atoms with Crippen LogP contribution in [-0.4, -0.2) is 0 Å². The van der Waals surface area contributed by atoms with Gasteiger partial charge in [-0.15, -0.1) is 4.91 Å². The van der Waals surface area contributed by atoms with Crippen LogP contribution in [0, 0.1) is 4.91 Å². The van der Waals surface area contributed by atoms with Crippen molar-refractivity contribution in [1.29, 1.82) is 0 Å². The minimum atomic E-state index is -1.05. The zero-order chi connectivity index (χ0) is 15.3. The first-order chi connectivity index (χ1) is 10.9. The molecular weight excluding hydrogens is 274 g/mol. The molecule has 0 saturated carbocycles. The molecule has 0 heterocycles. The van der Waals surface area contributed by atoms with Crippen molar-refractivity contribution >= 4 is 0 Å². The van der Waals surface area contributed by atoms with E-state index in [4.69, 9.17) is 4.84 Å². The first-order valence-electron chi connectivity index (χ1n) is 7.05. The highest BCUT2D eigenvalue weighted by Crippen LogP contribution is 2.40. The molecule has 3 aromatic carbocycles. The highest BCUT2D eigenvalue weighted by atomic mass is 16.7. The smallest absolute Gasteiger partial charge is 0.216 e. The average molecular weight is 289 g/mol. The molecule has 3 rings (SSSR count). The van der Waals surface area contributed by atoms with E-state index in [0.717, 1.165) is 16.7 Å². The molecule has 0 aromatic heterocycles. The van der Waals surface area contributed by atoms with Crippen molar-refractivity contribution in [3.8, 4) is 0 Å². The van der Waals surface area contributed by atoms with E-state index < -0.39 is 5.60 Å². The van der Waals surface area contributed by atoms with Crippen LogP contribution in [0.25, 0.3) is 0 Å². The Balaban J connectivity index is 2.31. The number of rotatable bonds is 5. The van der Waals surface area contributed by atoms with Gasteiger partial charge in [-0.25, -0.2) is 0 Å². The first kappa shape index (κ1) is 14.0. The number of hydrogen-bond donors (Lipinski definition) is 0. The Labute approximate surface area is 129 Å². The second-order valence-electron chi connectivity index (χ2n) is 4.95. The highest BCUT2D eigenvalue weighted by molar-refractivity contribution is 5.47. The summed E-state index contributed by atoms with van der Waals surface area (Å²) in [6.45, 7) is 0. The lowest BCUT2D eigenvalue weighted by atomic mass is 9.80. The molecule has 0 atom stereocenters. The summed E-state index contributed by atoms with van der Waals surface area (Å²) in [5, 5.41) is 2.79. The molecule has 0 aliphatic carbocycles. The molecule has 3 heteroatoms. The maximum atomic E-state index is 11.1. The second kappa shape index (κ2) is 6.22. The summed E-state index contributed by atoms with van der Waals surface area (Å²) < 4.78 is 0. The van der Waals surface area contributed by atoms with E-state index in [2.05, 4.69) is 5.34 Å². The van der Waals surface area contributed by atoms with Gasteiger partial charge in [-0.3, -0.25) is 0 Å². The van der Waals surface area contributed by atoms with E-state index >= 15 is 0 Å². The van der Waals surface area contributed by atoms with E-state index in [1.807, 2.05) is 91.0 Å². The van der Waals surface area contributed by atoms with E-state index in [0.29, 0.717) is 0 Å². The van der Waals surface area contributed by atoms with Crippen molar-refractivity contribution < 1.29 is 4.84 Å². The summed E-state index contributed by atoms with van der Waals surface area (Å²) in [4.78, 5) is 16.5. The van der Waals surface area contributed by atoms with Gasteiger partial charge in [0.25, 0.3) is 0 Å². The molecule has 0 aliphatic rings. The van der Waals surface area contributed by atoms with Crippen molar-refractivity contribution in [2.24, 2.45) is 5.34 Å². The van der Waals surface area contributed by atoms with Crippen LogP contribution >= 0.6 is 0 Å². The van der Waals surface area contributed by atoms with Crippen LogP contribution in [0.15, 0.2) is 96.3 Å². The molecule has 0 aliphatic heterocycles. The molecule has 0 N–H and O–H groups in total. The third-order valence-electron chi connectivity index (χ3n) is 3.72. The largest absolute Gasteiger partial charge is 0.343 e. The van der Waals surface area contributed by atoms with Gasteiger partial charge in [0.15, 0.2) is 5.34 Å². The maximum absolute atomic E-state index is 11.1. The van der Waals surface area contributed by atoms with Gasteiger partial charge >= 0.3 is 0 Å². The number of hydrogen-bond acceptors (Lipinski definition) is 3. The van der Waals surface area contributed by atoms with E-state index in [1.165, 1.54) is 0 Å². The summed E-state index contributed by atoms with van der Waals surface area (Å²) in [5.74, 6) is 0. The summed E-state index contributed by atoms with van der Waals surface area (Å²) in [6, 6.07) is 28.9. The molecule has 22 heavy (non-hydrogen) atoms. The number of nitrogens with zero attached hydrogens (tertiary/aromatic N) is 1. The third kappa shape index (κ3) is 2.37. The van der Waals surface area contributed by atoms with Crippen molar-refractivity contribution in [3.63, 3.8) is 0 Å². The quantitative estimate of drug-likeness (QED) is 0.389.